The van der Waals surface area contributed by atoms with Gasteiger partial charge in [0.2, 0.25) is 0 Å². The van der Waals surface area contributed by atoms with Crippen molar-refractivity contribution in [2.45, 2.75) is 37.4 Å². The molecule has 1 aliphatic heterocycles. The number of anilines is 2. The Morgan fingerprint density at radius 2 is 1.76 bits per heavy atom. The lowest BCUT2D eigenvalue weighted by Gasteiger charge is -2.30. The monoisotopic (exact) mass is 549 g/mol. The minimum Gasteiger partial charge on any atom is -0.475 e. The molecule has 37 heavy (non-hydrogen) atoms. The summed E-state index contributed by atoms with van der Waals surface area (Å²) in [5.74, 6) is -3.08. The van der Waals surface area contributed by atoms with Crippen molar-refractivity contribution >= 4 is 33.4 Å². The summed E-state index contributed by atoms with van der Waals surface area (Å²) in [5.41, 5.74) is 0.462. The van der Waals surface area contributed by atoms with Gasteiger partial charge in [0, 0.05) is 32.2 Å². The first-order valence-electron chi connectivity index (χ1n) is 11.1. The van der Waals surface area contributed by atoms with Crippen LogP contribution >= 0.6 is 0 Å². The maximum absolute atomic E-state index is 13.1. The van der Waals surface area contributed by atoms with Gasteiger partial charge >= 0.3 is 12.1 Å². The quantitative estimate of drug-likeness (QED) is 0.387. The zero-order valence-electron chi connectivity index (χ0n) is 20.0. The minimum absolute atomic E-state index is 0.0343. The molecule has 15 heteroatoms. The Bertz CT molecular complexity index is 1190. The number of sulfonamides is 1. The molecule has 2 heterocycles. The summed E-state index contributed by atoms with van der Waals surface area (Å²) >= 11 is 0. The van der Waals surface area contributed by atoms with Gasteiger partial charge in [-0.05, 0) is 43.7 Å². The molecular weight excluding hydrogens is 522 g/mol. The lowest BCUT2D eigenvalue weighted by molar-refractivity contribution is -0.192. The average molecular weight is 550 g/mol. The summed E-state index contributed by atoms with van der Waals surface area (Å²) < 4.78 is 72.5. The molecule has 0 radical (unpaired) electrons. The summed E-state index contributed by atoms with van der Waals surface area (Å²) in [4.78, 5) is 28.1. The Hall–Kier alpha value is -3.46. The van der Waals surface area contributed by atoms with Gasteiger partial charge in [0.1, 0.15) is 11.6 Å². The van der Waals surface area contributed by atoms with Crippen LogP contribution in [-0.2, 0) is 14.8 Å². The Morgan fingerprint density at radius 3 is 2.27 bits per heavy atom. The van der Waals surface area contributed by atoms with E-state index in [9.17, 15) is 30.8 Å². The molecule has 2 aromatic rings. The van der Waals surface area contributed by atoms with Gasteiger partial charge < -0.3 is 20.6 Å². The normalized spacial score (nSPS) is 14.7. The van der Waals surface area contributed by atoms with E-state index in [4.69, 9.17) is 9.90 Å². The molecule has 10 nitrogen and oxygen atoms in total. The van der Waals surface area contributed by atoms with Gasteiger partial charge in [-0.15, -0.1) is 0 Å². The lowest BCUT2D eigenvalue weighted by atomic mass is 10.1. The number of benzene rings is 1. The zero-order valence-corrected chi connectivity index (χ0v) is 20.8. The first-order valence-corrected chi connectivity index (χ1v) is 12.6. The molecule has 0 saturated carbocycles. The van der Waals surface area contributed by atoms with E-state index in [1.165, 1.54) is 24.4 Å². The molecule has 1 atom stereocenters. The van der Waals surface area contributed by atoms with E-state index in [0.717, 1.165) is 31.6 Å². The molecule has 1 unspecified atom stereocenters. The van der Waals surface area contributed by atoms with Crippen molar-refractivity contribution < 1.29 is 40.7 Å². The number of nitrogens with one attached hydrogen (secondary N) is 3. The Labute approximate surface area is 211 Å². The third-order valence-corrected chi connectivity index (χ3v) is 6.53. The second-order valence-corrected chi connectivity index (χ2v) is 9.66. The first kappa shape index (κ1) is 29.8. The highest BCUT2D eigenvalue weighted by Gasteiger charge is 2.38. The number of carbonyl (C=O) groups excluding carboxylic acids is 1. The number of carboxylic acids is 1. The third-order valence-electron chi connectivity index (χ3n) is 5.14. The number of carbonyl (C=O) groups is 2. The highest BCUT2D eigenvalue weighted by Crippen LogP contribution is 2.24. The van der Waals surface area contributed by atoms with Crippen molar-refractivity contribution in [1.82, 2.24) is 15.6 Å². The second kappa shape index (κ2) is 12.7. The fraction of sp³-hybridized carbons (Fsp3) is 0.409. The molecule has 4 N–H and O–H groups in total. The number of nitrogens with zero attached hydrogens (tertiary/aromatic N) is 2. The van der Waals surface area contributed by atoms with E-state index in [-0.39, 0.29) is 22.5 Å². The summed E-state index contributed by atoms with van der Waals surface area (Å²) in [6.07, 6.45) is -2.93. The van der Waals surface area contributed by atoms with Crippen molar-refractivity contribution in [3.8, 4) is 0 Å². The van der Waals surface area contributed by atoms with Crippen molar-refractivity contribution in [3.05, 3.63) is 47.9 Å². The molecule has 0 spiro atoms. The molecule has 1 aliphatic rings. The van der Waals surface area contributed by atoms with Gasteiger partial charge in [0.05, 0.1) is 22.3 Å². The van der Waals surface area contributed by atoms with Gasteiger partial charge in [-0.2, -0.15) is 13.2 Å². The molecule has 1 amide bonds. The van der Waals surface area contributed by atoms with E-state index >= 15 is 0 Å². The highest BCUT2D eigenvalue weighted by molar-refractivity contribution is 7.92. The number of aliphatic carboxylic acids is 1. The molecule has 0 bridgehead atoms. The minimum atomic E-state index is -5.08. The molecule has 1 saturated heterocycles. The maximum Gasteiger partial charge on any atom is 0.490 e. The number of hydrogen-bond acceptors (Lipinski definition) is 7. The van der Waals surface area contributed by atoms with Gasteiger partial charge in [0.25, 0.3) is 15.9 Å². The number of piperazine rings is 1. The van der Waals surface area contributed by atoms with E-state index < -0.39 is 28.0 Å². The molecule has 1 aromatic carbocycles. The number of pyridine rings is 1. The van der Waals surface area contributed by atoms with Crippen LogP contribution in [0.5, 0.6) is 0 Å². The largest absolute Gasteiger partial charge is 0.490 e. The predicted octanol–water partition coefficient (Wildman–Crippen LogP) is 2.59. The van der Waals surface area contributed by atoms with Gasteiger partial charge in [-0.3, -0.25) is 9.52 Å². The summed E-state index contributed by atoms with van der Waals surface area (Å²) in [6, 6.07) is 5.96. The van der Waals surface area contributed by atoms with Crippen LogP contribution in [0, 0.1) is 5.82 Å². The SMILES string of the molecule is CCC(C)NC(=O)c1cc(NS(=O)(=O)c2ccc(F)cc2)cnc1N1CCNCC1.O=C(O)C(F)(F)F. The lowest BCUT2D eigenvalue weighted by Crippen LogP contribution is -2.45. The van der Waals surface area contributed by atoms with Gasteiger partial charge in [-0.25, -0.2) is 22.6 Å². The van der Waals surface area contributed by atoms with Crippen molar-refractivity contribution in [2.75, 3.05) is 35.8 Å². The van der Waals surface area contributed by atoms with Crippen LogP contribution in [0.25, 0.3) is 0 Å². The second-order valence-electron chi connectivity index (χ2n) is 7.98. The van der Waals surface area contributed by atoms with E-state index in [1.807, 2.05) is 18.7 Å². The third kappa shape index (κ3) is 8.86. The fourth-order valence-electron chi connectivity index (χ4n) is 3.04. The summed E-state index contributed by atoms with van der Waals surface area (Å²) in [7, 11) is -3.95. The number of aromatic nitrogens is 1. The van der Waals surface area contributed by atoms with Crippen LogP contribution in [0.15, 0.2) is 41.4 Å². The van der Waals surface area contributed by atoms with Gasteiger partial charge in [-0.1, -0.05) is 6.92 Å². The Balaban J connectivity index is 0.000000604. The number of hydrogen-bond donors (Lipinski definition) is 4. The van der Waals surface area contributed by atoms with Crippen LogP contribution in [0.2, 0.25) is 0 Å². The fourth-order valence-corrected chi connectivity index (χ4v) is 4.07. The number of rotatable bonds is 7. The van der Waals surface area contributed by atoms with Crippen LogP contribution in [-0.4, -0.2) is 68.8 Å². The molecular formula is C22H27F4N5O5S. The van der Waals surface area contributed by atoms with Crippen molar-refractivity contribution in [1.29, 1.82) is 0 Å². The van der Waals surface area contributed by atoms with Crippen LogP contribution in [0.3, 0.4) is 0 Å². The van der Waals surface area contributed by atoms with Crippen LogP contribution < -0.4 is 20.3 Å². The zero-order chi connectivity index (χ0) is 27.8. The maximum atomic E-state index is 13.1. The Morgan fingerprint density at radius 1 is 1.19 bits per heavy atom. The van der Waals surface area contributed by atoms with Gasteiger partial charge in [0.15, 0.2) is 0 Å². The number of alkyl halides is 3. The van der Waals surface area contributed by atoms with Crippen molar-refractivity contribution in [2.24, 2.45) is 0 Å². The topological polar surface area (TPSA) is 141 Å². The average Bonchev–Trinajstić information content (AvgIpc) is 2.84. The molecule has 1 fully saturated rings. The van der Waals surface area contributed by atoms with E-state index in [0.29, 0.717) is 24.5 Å². The smallest absolute Gasteiger partial charge is 0.475 e. The molecule has 3 rings (SSSR count). The summed E-state index contributed by atoms with van der Waals surface area (Å²) in [5, 5.41) is 13.3. The number of amides is 1. The predicted molar refractivity (Wildman–Crippen MR) is 127 cm³/mol. The van der Waals surface area contributed by atoms with E-state index in [2.05, 4.69) is 20.3 Å². The summed E-state index contributed by atoms with van der Waals surface area (Å²) in [6.45, 7) is 6.79. The standard InChI is InChI=1S/C20H26FN5O3S.C2HF3O2/c1-3-14(2)24-20(27)18-12-16(13-23-19(18)26-10-8-22-9-11-26)25-30(28,29)17-6-4-15(21)5-7-17;3-2(4,5)1(6)7/h4-7,12-14,22,25H,3,8-11H2,1-2H3,(H,24,27);(H,6,7). The van der Waals surface area contributed by atoms with Crippen LogP contribution in [0.4, 0.5) is 29.1 Å². The Kier molecular flexibility index (Phi) is 10.2. The number of halogens is 4. The molecule has 204 valence electrons. The number of carboxylic acid groups (broad SMARTS) is 1. The van der Waals surface area contributed by atoms with Crippen molar-refractivity contribution in [3.63, 3.8) is 0 Å². The van der Waals surface area contributed by atoms with Crippen LogP contribution in [0.1, 0.15) is 30.6 Å². The highest BCUT2D eigenvalue weighted by atomic mass is 32.2. The molecule has 1 aromatic heterocycles. The molecule has 0 aliphatic carbocycles. The van der Waals surface area contributed by atoms with E-state index in [1.54, 1.807) is 0 Å². The first-order chi connectivity index (χ1) is 17.2.